The summed E-state index contributed by atoms with van der Waals surface area (Å²) in [5.74, 6) is -21.2. The molecular weight excluding hydrogens is 1490 g/mol. The highest BCUT2D eigenvalue weighted by molar-refractivity contribution is 8.76. The molecule has 1 unspecified atom stereocenters. The van der Waals surface area contributed by atoms with Crippen LogP contribution in [0.1, 0.15) is 119 Å². The summed E-state index contributed by atoms with van der Waals surface area (Å²) in [5.41, 5.74) is 2.00. The molecule has 0 radical (unpaired) electrons. The third-order valence-electron chi connectivity index (χ3n) is 19.4. The van der Waals surface area contributed by atoms with Crippen molar-refractivity contribution in [2.24, 2.45) is 28.2 Å². The Morgan fingerprint density at radius 3 is 1.75 bits per heavy atom. The molecule has 3 aromatic carbocycles. The van der Waals surface area contributed by atoms with E-state index < -0.39 is 247 Å². The molecule has 0 spiro atoms. The van der Waals surface area contributed by atoms with Gasteiger partial charge in [-0.2, -0.15) is 0 Å². The van der Waals surface area contributed by atoms with Gasteiger partial charge in [0.05, 0.1) is 54.8 Å². The average Bonchev–Trinajstić information content (AvgIpc) is 0.667. The van der Waals surface area contributed by atoms with Crippen LogP contribution in [0.25, 0.3) is 0 Å². The lowest BCUT2D eigenvalue weighted by molar-refractivity contribution is -0.346. The van der Waals surface area contributed by atoms with Gasteiger partial charge in [-0.25, -0.2) is 19.2 Å². The maximum absolute atomic E-state index is 16.5. The van der Waals surface area contributed by atoms with Crippen LogP contribution in [0.5, 0.6) is 0 Å². The number of rotatable bonds is 36. The van der Waals surface area contributed by atoms with Crippen LogP contribution in [0.15, 0.2) is 102 Å². The van der Waals surface area contributed by atoms with Crippen molar-refractivity contribution in [1.82, 2.24) is 31.9 Å². The number of benzene rings is 3. The Bertz CT molecular complexity index is 4030. The van der Waals surface area contributed by atoms with E-state index in [0.717, 1.165) is 35.4 Å². The Hall–Kier alpha value is -10.7. The van der Waals surface area contributed by atoms with E-state index in [1.807, 2.05) is 5.32 Å². The smallest absolute Gasteiger partial charge is 0.481 e. The van der Waals surface area contributed by atoms with E-state index in [2.05, 4.69) is 26.6 Å². The highest BCUT2D eigenvalue weighted by Crippen LogP contribution is 2.65. The van der Waals surface area contributed by atoms with Gasteiger partial charge in [-0.1, -0.05) is 102 Å². The van der Waals surface area contributed by atoms with E-state index in [1.54, 1.807) is 42.5 Å². The van der Waals surface area contributed by atoms with Crippen molar-refractivity contribution in [3.63, 3.8) is 0 Å². The van der Waals surface area contributed by atoms with Crippen LogP contribution in [-0.2, 0) is 90.7 Å². The Kier molecular flexibility index (Phi) is 29.6. The first kappa shape index (κ1) is 86.5. The zero-order valence-corrected chi connectivity index (χ0v) is 61.9. The maximum atomic E-state index is 16.5. The van der Waals surface area contributed by atoms with E-state index in [4.69, 9.17) is 55.1 Å². The maximum Gasteiger partial charge on any atom is 0.508 e. The molecule has 110 heavy (non-hydrogen) atoms. The summed E-state index contributed by atoms with van der Waals surface area (Å²) in [6.07, 6.45) is -17.6. The van der Waals surface area contributed by atoms with Crippen molar-refractivity contribution in [3.8, 4) is 0 Å². The molecule has 16 atom stereocenters. The zero-order valence-electron chi connectivity index (χ0n) is 60.3. The van der Waals surface area contributed by atoms with Crippen LogP contribution in [0.3, 0.4) is 0 Å². The number of fused-ring (bicyclic) bond motifs is 5. The fourth-order valence-corrected chi connectivity index (χ4v) is 15.9. The molecule has 1 heterocycles. The largest absolute Gasteiger partial charge is 0.508 e. The molecule has 5 amide bonds. The third-order valence-corrected chi connectivity index (χ3v) is 21.8. The van der Waals surface area contributed by atoms with Crippen molar-refractivity contribution in [3.05, 3.63) is 119 Å². The first-order chi connectivity index (χ1) is 51.8. The van der Waals surface area contributed by atoms with Gasteiger partial charge in [0.25, 0.3) is 5.91 Å². The van der Waals surface area contributed by atoms with E-state index in [-0.39, 0.29) is 53.0 Å². The van der Waals surface area contributed by atoms with Gasteiger partial charge in [-0.3, -0.25) is 58.1 Å². The lowest BCUT2D eigenvalue weighted by Crippen LogP contribution is -2.82. The second-order valence-corrected chi connectivity index (χ2v) is 29.7. The van der Waals surface area contributed by atoms with E-state index >= 15 is 4.79 Å². The number of carbonyl (C=O) groups excluding carboxylic acids is 11. The number of Topliss-reactive ketones (excluding diaryl/α,β-unsaturated/α-hetero) is 1. The molecule has 39 heteroatoms. The summed E-state index contributed by atoms with van der Waals surface area (Å²) < 4.78 is 42.6. The molecule has 2 saturated carbocycles. The number of ketones is 1. The van der Waals surface area contributed by atoms with Crippen molar-refractivity contribution in [2.75, 3.05) is 31.3 Å². The minimum absolute atomic E-state index is 0.00584. The number of carbonyl (C=O) groups is 15. The highest BCUT2D eigenvalue weighted by Gasteiger charge is 2.79. The quantitative estimate of drug-likeness (QED) is 0.00709. The van der Waals surface area contributed by atoms with Crippen molar-refractivity contribution < 1.29 is 136 Å². The van der Waals surface area contributed by atoms with Crippen LogP contribution in [0, 0.1) is 22.2 Å². The van der Waals surface area contributed by atoms with Crippen LogP contribution in [0.4, 0.5) is 4.79 Å². The Morgan fingerprint density at radius 1 is 0.682 bits per heavy atom. The number of hydrogen-bond donors (Lipinski definition) is 15. The number of nitrogens with one attached hydrogen (secondary N) is 7. The number of esters is 4. The second-order valence-electron chi connectivity index (χ2n) is 27.1. The normalized spacial score (nSPS) is 24.0. The van der Waals surface area contributed by atoms with E-state index in [0.29, 0.717) is 0 Å². The van der Waals surface area contributed by atoms with Gasteiger partial charge in [0.1, 0.15) is 60.8 Å². The first-order valence-electron chi connectivity index (χ1n) is 34.3. The predicted molar refractivity (Wildman–Crippen MR) is 382 cm³/mol. The minimum Gasteiger partial charge on any atom is -0.481 e. The molecule has 1 aliphatic heterocycles. The number of aliphatic hydroxyl groups is 2. The number of carboxylic acids is 4. The topological polar surface area (TPSA) is 590 Å². The molecule has 7 rings (SSSR count). The number of amides is 5. The summed E-state index contributed by atoms with van der Waals surface area (Å²) in [5, 5.41) is 85.8. The molecule has 3 aromatic rings. The van der Waals surface area contributed by atoms with Gasteiger partial charge in [0.2, 0.25) is 23.6 Å². The number of ether oxygens (including phenoxy) is 7. The Labute approximate surface area is 635 Å². The fourth-order valence-electron chi connectivity index (χ4n) is 13.9. The van der Waals surface area contributed by atoms with Crippen molar-refractivity contribution in [1.29, 1.82) is 5.41 Å². The molecule has 0 aromatic heterocycles. The van der Waals surface area contributed by atoms with Gasteiger partial charge in [-0.15, -0.1) is 0 Å². The molecular formula is C71H87N9O28S2. The van der Waals surface area contributed by atoms with Gasteiger partial charge in [-0.05, 0) is 67.7 Å². The van der Waals surface area contributed by atoms with Crippen molar-refractivity contribution in [2.45, 2.75) is 171 Å². The number of aliphatic carboxylic acids is 4. The molecule has 4 aliphatic rings. The summed E-state index contributed by atoms with van der Waals surface area (Å²) in [7, 11) is 1.62. The monoisotopic (exact) mass is 1580 g/mol. The Morgan fingerprint density at radius 2 is 1.23 bits per heavy atom. The van der Waals surface area contributed by atoms with Crippen LogP contribution >= 0.6 is 21.6 Å². The van der Waals surface area contributed by atoms with E-state index in [1.165, 1.54) is 76.2 Å². The standard InChI is InChI=1S/C71H87N9O28S2/c1-34-45(105-65(99)53(89)52(37-17-10-7-11-18-37)80-58(91)38-19-12-8-13-20-38)31-71(101)57(107-64(98)39-21-14-9-15-22-39)55-69(6,56(90)54(104-35(2)81)51(34)68(71,4)5)46(30-47-70(55,33-103-47)108-36(3)82)106-67(100)102-25-26-109-110-32-44(63(96)97)79-62(95)43(29-50(87)88)78-61(94)42(28-49(85)86)77-60(93)41(23-16-24-75-66(73)74)76-59(92)40(72)27-48(83)84/h7-15,17-22,40-47,52-55,57,89,101H,16,23-33,72H2,1-6H3,(H,76,92)(H,77,93)(H,78,94)(H,79,95)(H,80,91)(H,83,84)(H,85,86)(H,87,88)(H,96,97)(H4,73,74,75)/t40-,41-,42-,43-,44-,45-,46-,47+,52-,53+,54+,55?,57-,69+,70-,71+/m0/s1. The third kappa shape index (κ3) is 20.8. The van der Waals surface area contributed by atoms with Gasteiger partial charge in [0, 0.05) is 55.7 Å². The average molecular weight is 1580 g/mol. The van der Waals surface area contributed by atoms with Gasteiger partial charge >= 0.3 is 53.9 Å². The molecule has 2 bridgehead atoms. The lowest BCUT2D eigenvalue weighted by atomic mass is 9.44. The van der Waals surface area contributed by atoms with E-state index in [9.17, 15) is 92.7 Å². The van der Waals surface area contributed by atoms with Crippen LogP contribution < -0.4 is 43.4 Å². The summed E-state index contributed by atoms with van der Waals surface area (Å²) in [4.78, 5) is 203. The SMILES string of the molecule is CC(=O)O[C@H]1C(=O)[C@@]2(C)C([C@H](OC(=O)c3ccccc3)[C@]3(O)C[C@H](OC(=O)[C@H](O)[C@@H](NC(=O)c4ccccc4)c4ccccc4)C(C)=C1C3(C)C)[C@]1(OC(C)=O)CO[C@@H]1C[C@@H]2OC(=O)OCCSSC[C@H](NC(=O)[C@H](CC(=O)O)NC(=O)[C@H](CC(=O)O)NC(=O)[C@H](CCCNC(=N)N)NC(=O)[C@@H](N)CC(=O)O)C(=O)O. The molecule has 17 N–H and O–H groups in total. The van der Waals surface area contributed by atoms with Crippen LogP contribution in [-0.4, -0.2) is 235 Å². The molecule has 3 fully saturated rings. The summed E-state index contributed by atoms with van der Waals surface area (Å²) >= 11 is 0. The summed E-state index contributed by atoms with van der Waals surface area (Å²) in [6, 6.07) is 12.3. The molecule has 37 nitrogen and oxygen atoms in total. The van der Waals surface area contributed by atoms with Gasteiger partial charge in [0.15, 0.2) is 29.6 Å². The lowest BCUT2D eigenvalue weighted by Gasteiger charge is -2.67. The van der Waals surface area contributed by atoms with Crippen molar-refractivity contribution >= 4 is 117 Å². The number of guanidine groups is 1. The van der Waals surface area contributed by atoms with Gasteiger partial charge < -0.3 is 107 Å². The fraction of sp³-hybridized carbons (Fsp3) is 0.493. The first-order valence-corrected chi connectivity index (χ1v) is 36.8. The number of aliphatic hydroxyl groups excluding tert-OH is 1. The number of nitrogens with two attached hydrogens (primary N) is 2. The second kappa shape index (κ2) is 37.6. The molecule has 596 valence electrons. The summed E-state index contributed by atoms with van der Waals surface area (Å²) in [6.45, 7) is 6.45. The minimum atomic E-state index is -2.67. The molecule has 1 saturated heterocycles. The molecule has 3 aliphatic carbocycles. The number of hydrogen-bond acceptors (Lipinski definition) is 28. The number of carboxylic acid groups (broad SMARTS) is 4. The van der Waals surface area contributed by atoms with Crippen LogP contribution in [0.2, 0.25) is 0 Å². The predicted octanol–water partition coefficient (Wildman–Crippen LogP) is 0.316. The zero-order chi connectivity index (χ0) is 81.3. The Balaban J connectivity index is 1.12. The highest BCUT2D eigenvalue weighted by atomic mass is 33.1.